The third-order valence-electron chi connectivity index (χ3n) is 3.55. The van der Waals surface area contributed by atoms with Crippen LogP contribution in [0.4, 0.5) is 5.69 Å². The second-order valence-corrected chi connectivity index (χ2v) is 7.36. The van der Waals surface area contributed by atoms with E-state index in [1.54, 1.807) is 6.07 Å². The summed E-state index contributed by atoms with van der Waals surface area (Å²) in [7, 11) is 0. The topological polar surface area (TPSA) is 62.1 Å². The number of hydrogen-bond donors (Lipinski definition) is 1. The molecular weight excluding hydrogens is 460 g/mol. The molecule has 0 fully saturated rings. The van der Waals surface area contributed by atoms with Crippen LogP contribution in [0.3, 0.4) is 0 Å². The Balaban J connectivity index is 2.37. The van der Waals surface area contributed by atoms with Crippen LogP contribution in [0, 0.1) is 18.3 Å². The van der Waals surface area contributed by atoms with E-state index in [-0.39, 0.29) is 5.57 Å². The summed E-state index contributed by atoms with van der Waals surface area (Å²) in [5.74, 6) is 0.144. The Kier molecular flexibility index (Phi) is 7.43. The summed E-state index contributed by atoms with van der Waals surface area (Å²) in [6.45, 7) is 4.45. The van der Waals surface area contributed by atoms with Crippen LogP contribution in [0.25, 0.3) is 6.08 Å². The maximum atomic E-state index is 12.5. The van der Waals surface area contributed by atoms with Crippen LogP contribution in [0.5, 0.6) is 5.75 Å². The third-order valence-corrected chi connectivity index (χ3v) is 4.59. The Hall–Kier alpha value is -2.10. The highest BCUT2D eigenvalue weighted by atomic mass is 79.9. The second-order valence-electron chi connectivity index (χ2n) is 5.59. The van der Waals surface area contributed by atoms with Crippen molar-refractivity contribution < 1.29 is 9.53 Å². The zero-order valence-electron chi connectivity index (χ0n) is 14.5. The molecule has 1 amide bonds. The lowest BCUT2D eigenvalue weighted by Gasteiger charge is -2.12. The number of hydrogen-bond acceptors (Lipinski definition) is 3. The maximum absolute atomic E-state index is 12.5. The molecule has 0 heterocycles. The van der Waals surface area contributed by atoms with E-state index in [0.29, 0.717) is 23.6 Å². The minimum atomic E-state index is -0.459. The molecule has 0 saturated carbocycles. The molecule has 0 unspecified atom stereocenters. The summed E-state index contributed by atoms with van der Waals surface area (Å²) < 4.78 is 7.35. The van der Waals surface area contributed by atoms with Gasteiger partial charge in [0.05, 0.1) is 11.1 Å². The van der Waals surface area contributed by atoms with Gasteiger partial charge in [0.2, 0.25) is 0 Å². The summed E-state index contributed by atoms with van der Waals surface area (Å²) in [6, 6.07) is 13.1. The summed E-state index contributed by atoms with van der Waals surface area (Å²) in [5.41, 5.74) is 2.25. The zero-order valence-corrected chi connectivity index (χ0v) is 17.6. The van der Waals surface area contributed by atoms with Gasteiger partial charge in [0.1, 0.15) is 17.4 Å². The number of carbonyl (C=O) groups is 1. The monoisotopic (exact) mass is 476 g/mol. The van der Waals surface area contributed by atoms with E-state index >= 15 is 0 Å². The van der Waals surface area contributed by atoms with Crippen molar-refractivity contribution in [2.45, 2.75) is 20.3 Å². The first-order valence-electron chi connectivity index (χ1n) is 8.07. The van der Waals surface area contributed by atoms with E-state index in [1.807, 2.05) is 50.2 Å². The number of anilines is 1. The lowest BCUT2D eigenvalue weighted by Crippen LogP contribution is -2.14. The van der Waals surface area contributed by atoms with Crippen molar-refractivity contribution in [3.63, 3.8) is 0 Å². The molecule has 0 spiro atoms. The molecule has 0 aromatic heterocycles. The van der Waals surface area contributed by atoms with Gasteiger partial charge in [0, 0.05) is 15.7 Å². The molecule has 0 aliphatic carbocycles. The average Bonchev–Trinajstić information content (AvgIpc) is 2.60. The fraction of sp³-hybridized carbons (Fsp3) is 0.200. The van der Waals surface area contributed by atoms with E-state index in [9.17, 15) is 10.1 Å². The van der Waals surface area contributed by atoms with Crippen LogP contribution >= 0.6 is 31.9 Å². The van der Waals surface area contributed by atoms with Crippen molar-refractivity contribution in [1.82, 2.24) is 0 Å². The van der Waals surface area contributed by atoms with Crippen molar-refractivity contribution in [3.8, 4) is 11.8 Å². The highest BCUT2D eigenvalue weighted by Crippen LogP contribution is 2.34. The first-order valence-corrected chi connectivity index (χ1v) is 9.65. The first-order chi connectivity index (χ1) is 12.5. The first kappa shape index (κ1) is 20.2. The molecular formula is C20H18Br2N2O2. The van der Waals surface area contributed by atoms with Crippen molar-refractivity contribution in [2.75, 3.05) is 11.9 Å². The molecule has 2 aromatic carbocycles. The Labute approximate surface area is 170 Å². The average molecular weight is 478 g/mol. The summed E-state index contributed by atoms with van der Waals surface area (Å²) in [6.07, 6.45) is 2.39. The number of nitriles is 1. The van der Waals surface area contributed by atoms with Gasteiger partial charge in [0.25, 0.3) is 5.91 Å². The fourth-order valence-electron chi connectivity index (χ4n) is 2.25. The molecule has 6 heteroatoms. The number of amides is 1. The van der Waals surface area contributed by atoms with Crippen molar-refractivity contribution in [1.29, 1.82) is 5.26 Å². The molecule has 26 heavy (non-hydrogen) atoms. The minimum absolute atomic E-state index is 0.000369. The standard InChI is InChI=1S/C20H18Br2N2O2/c1-3-8-26-19-14(10-16(21)11-17(19)22)9-15(12-23)20(25)24-18-7-5-4-6-13(18)2/h4-7,9-11H,3,8H2,1-2H3,(H,24,25)/b15-9+. The number of nitrogens with zero attached hydrogens (tertiary/aromatic N) is 1. The van der Waals surface area contributed by atoms with E-state index in [1.165, 1.54) is 6.08 Å². The number of halogens is 2. The smallest absolute Gasteiger partial charge is 0.266 e. The molecule has 0 aliphatic rings. The quantitative estimate of drug-likeness (QED) is 0.419. The number of nitrogens with one attached hydrogen (secondary N) is 1. The van der Waals surface area contributed by atoms with Crippen LogP contribution in [0.15, 0.2) is 50.9 Å². The van der Waals surface area contributed by atoms with Crippen LogP contribution in [-0.4, -0.2) is 12.5 Å². The third kappa shape index (κ3) is 5.20. The predicted molar refractivity (Wildman–Crippen MR) is 111 cm³/mol. The van der Waals surface area contributed by atoms with Gasteiger partial charge in [0.15, 0.2) is 0 Å². The van der Waals surface area contributed by atoms with Crippen molar-refractivity contribution >= 4 is 49.5 Å². The number of aryl methyl sites for hydroxylation is 1. The van der Waals surface area contributed by atoms with Gasteiger partial charge in [-0.15, -0.1) is 0 Å². The van der Waals surface area contributed by atoms with Crippen molar-refractivity contribution in [3.05, 3.63) is 62.0 Å². The molecule has 4 nitrogen and oxygen atoms in total. The van der Waals surface area contributed by atoms with E-state index in [2.05, 4.69) is 37.2 Å². The molecule has 134 valence electrons. The van der Waals surface area contributed by atoms with Gasteiger partial charge in [-0.3, -0.25) is 4.79 Å². The summed E-state index contributed by atoms with van der Waals surface area (Å²) in [5, 5.41) is 12.2. The molecule has 0 radical (unpaired) electrons. The molecule has 2 aromatic rings. The summed E-state index contributed by atoms with van der Waals surface area (Å²) >= 11 is 6.90. The van der Waals surface area contributed by atoms with Crippen LogP contribution < -0.4 is 10.1 Å². The molecule has 0 atom stereocenters. The van der Waals surface area contributed by atoms with Gasteiger partial charge in [-0.2, -0.15) is 5.26 Å². The Morgan fingerprint density at radius 3 is 2.69 bits per heavy atom. The molecule has 1 N–H and O–H groups in total. The van der Waals surface area contributed by atoms with Gasteiger partial charge >= 0.3 is 0 Å². The summed E-state index contributed by atoms with van der Waals surface area (Å²) in [4.78, 5) is 12.5. The van der Waals surface area contributed by atoms with Crippen LogP contribution in [0.1, 0.15) is 24.5 Å². The molecule has 2 rings (SSSR count). The number of ether oxygens (including phenoxy) is 1. The van der Waals surface area contributed by atoms with E-state index in [0.717, 1.165) is 20.9 Å². The Morgan fingerprint density at radius 1 is 1.31 bits per heavy atom. The SMILES string of the molecule is CCCOc1c(Br)cc(Br)cc1/C=C(\C#N)C(=O)Nc1ccccc1C. The Bertz CT molecular complexity index is 886. The van der Waals surface area contributed by atoms with Gasteiger partial charge in [-0.25, -0.2) is 0 Å². The lowest BCUT2D eigenvalue weighted by atomic mass is 10.1. The number of para-hydroxylation sites is 1. The largest absolute Gasteiger partial charge is 0.492 e. The van der Waals surface area contributed by atoms with E-state index < -0.39 is 5.91 Å². The number of carbonyl (C=O) groups excluding carboxylic acids is 1. The van der Waals surface area contributed by atoms with E-state index in [4.69, 9.17) is 4.74 Å². The number of benzene rings is 2. The highest BCUT2D eigenvalue weighted by molar-refractivity contribution is 9.11. The van der Waals surface area contributed by atoms with Crippen LogP contribution in [-0.2, 0) is 4.79 Å². The second kappa shape index (κ2) is 9.56. The van der Waals surface area contributed by atoms with Gasteiger partial charge in [-0.1, -0.05) is 41.1 Å². The molecule has 0 saturated heterocycles. The lowest BCUT2D eigenvalue weighted by molar-refractivity contribution is -0.112. The van der Waals surface area contributed by atoms with Gasteiger partial charge < -0.3 is 10.1 Å². The highest BCUT2D eigenvalue weighted by Gasteiger charge is 2.14. The molecule has 0 aliphatic heterocycles. The van der Waals surface area contributed by atoms with Crippen molar-refractivity contribution in [2.24, 2.45) is 0 Å². The zero-order chi connectivity index (χ0) is 19.1. The van der Waals surface area contributed by atoms with Crippen LogP contribution in [0.2, 0.25) is 0 Å². The van der Waals surface area contributed by atoms with Gasteiger partial charge in [-0.05, 0) is 59.1 Å². The maximum Gasteiger partial charge on any atom is 0.266 e. The number of rotatable bonds is 6. The normalized spacial score (nSPS) is 11.0. The minimum Gasteiger partial charge on any atom is -0.492 e. The fourth-order valence-corrected chi connectivity index (χ4v) is 3.62. The molecule has 0 bridgehead atoms. The predicted octanol–water partition coefficient (Wildman–Crippen LogP) is 5.85. The Morgan fingerprint density at radius 2 is 2.04 bits per heavy atom.